The maximum Gasteiger partial charge on any atom is 0.573 e. The summed E-state index contributed by atoms with van der Waals surface area (Å²) in [5, 5.41) is -1.18. The molecule has 0 aliphatic carbocycles. The zero-order valence-electron chi connectivity index (χ0n) is 10.6. The van der Waals surface area contributed by atoms with Gasteiger partial charge in [-0.05, 0) is 18.2 Å². The number of carbonyl (C=O) groups excluding carboxylic acids is 1. The second-order valence-corrected chi connectivity index (χ2v) is 8.29. The van der Waals surface area contributed by atoms with Gasteiger partial charge in [-0.2, -0.15) is 0 Å². The second-order valence-electron chi connectivity index (χ2n) is 4.47. The molecule has 1 aromatic rings. The number of nitrogens with zero attached hydrogens (tertiary/aromatic N) is 1. The number of alkyl halides is 3. The quantitative estimate of drug-likeness (QED) is 0.703. The van der Waals surface area contributed by atoms with Crippen molar-refractivity contribution in [2.45, 2.75) is 18.0 Å². The van der Waals surface area contributed by atoms with Crippen LogP contribution < -0.4 is 9.64 Å². The monoisotopic (exact) mass is 421 g/mol. The van der Waals surface area contributed by atoms with Crippen LogP contribution in [-0.4, -0.2) is 32.5 Å². The molecule has 1 aromatic carbocycles. The summed E-state index contributed by atoms with van der Waals surface area (Å²) in [7, 11) is 1.21. The molecule has 0 aromatic heterocycles. The summed E-state index contributed by atoms with van der Waals surface area (Å²) >= 11 is 3.08. The van der Waals surface area contributed by atoms with Crippen molar-refractivity contribution in [3.63, 3.8) is 0 Å². The molecule has 122 valence electrons. The van der Waals surface area contributed by atoms with Crippen LogP contribution in [0.25, 0.3) is 0 Å². The number of carbonyl (C=O) groups is 1. The Hall–Kier alpha value is -1.00. The lowest BCUT2D eigenvalue weighted by atomic mass is 10.2. The first kappa shape index (κ1) is 17.4. The highest BCUT2D eigenvalue weighted by atomic mass is 79.9. The van der Waals surface area contributed by atoms with Gasteiger partial charge in [-0.15, -0.1) is 13.2 Å². The van der Waals surface area contributed by atoms with Gasteiger partial charge >= 0.3 is 6.36 Å². The van der Waals surface area contributed by atoms with Crippen molar-refractivity contribution in [1.29, 1.82) is 0 Å². The maximum absolute atomic E-state index is 12.4. The lowest BCUT2D eigenvalue weighted by molar-refractivity contribution is -0.274. The van der Waals surface area contributed by atoms with Gasteiger partial charge in [0.25, 0.3) is 0 Å². The van der Waals surface area contributed by atoms with Crippen LogP contribution in [-0.2, 0) is 13.8 Å². The first-order valence-electron chi connectivity index (χ1n) is 5.76. The largest absolute Gasteiger partial charge is 0.573 e. The van der Waals surface area contributed by atoms with E-state index in [1.807, 2.05) is 0 Å². The number of ether oxygens (including phenoxy) is 1. The Morgan fingerprint density at radius 3 is 2.50 bits per heavy atom. The van der Waals surface area contributed by atoms with Crippen molar-refractivity contribution in [2.75, 3.05) is 11.4 Å². The van der Waals surface area contributed by atoms with Crippen LogP contribution in [0.2, 0.25) is 0 Å². The minimum Gasteiger partial charge on any atom is -0.404 e. The lowest BCUT2D eigenvalue weighted by Crippen LogP contribution is -2.28. The minimum absolute atomic E-state index is 0.181. The number of halogens is 5. The topological polar surface area (TPSA) is 63.7 Å². The Kier molecular flexibility index (Phi) is 4.65. The summed E-state index contributed by atoms with van der Waals surface area (Å²) in [6, 6.07) is 3.58. The number of benzene rings is 1. The molecule has 22 heavy (non-hydrogen) atoms. The van der Waals surface area contributed by atoms with E-state index in [1.54, 1.807) is 0 Å². The number of rotatable bonds is 3. The number of anilines is 1. The Labute approximate surface area is 136 Å². The van der Waals surface area contributed by atoms with Gasteiger partial charge in [0.1, 0.15) is 5.25 Å². The molecule has 1 aliphatic rings. The molecule has 1 atom stereocenters. The number of amides is 1. The Balaban J connectivity index is 2.40. The predicted octanol–water partition coefficient (Wildman–Crippen LogP) is 3.02. The Morgan fingerprint density at radius 1 is 1.36 bits per heavy atom. The molecule has 1 aliphatic heterocycles. The molecular formula is C11H8BrClF3NO4S. The molecule has 1 amide bonds. The second kappa shape index (κ2) is 5.89. The molecule has 1 fully saturated rings. The summed E-state index contributed by atoms with van der Waals surface area (Å²) in [6.07, 6.45) is -5.34. The van der Waals surface area contributed by atoms with Gasteiger partial charge in [0.15, 0.2) is 5.75 Å². The van der Waals surface area contributed by atoms with E-state index in [0.717, 1.165) is 11.0 Å². The van der Waals surface area contributed by atoms with E-state index in [0.29, 0.717) is 4.47 Å². The van der Waals surface area contributed by atoms with Crippen molar-refractivity contribution < 1.29 is 31.1 Å². The molecule has 1 unspecified atom stereocenters. The molecule has 0 saturated carbocycles. The average Bonchev–Trinajstić information content (AvgIpc) is 2.72. The van der Waals surface area contributed by atoms with Gasteiger partial charge in [-0.3, -0.25) is 4.79 Å². The molecule has 11 heteroatoms. The smallest absolute Gasteiger partial charge is 0.404 e. The molecule has 0 radical (unpaired) electrons. The van der Waals surface area contributed by atoms with Crippen molar-refractivity contribution in [1.82, 2.24) is 0 Å². The van der Waals surface area contributed by atoms with E-state index in [9.17, 15) is 26.4 Å². The molecular weight excluding hydrogens is 415 g/mol. The van der Waals surface area contributed by atoms with Crippen LogP contribution in [0.5, 0.6) is 5.75 Å². The minimum atomic E-state index is -4.94. The van der Waals surface area contributed by atoms with Crippen LogP contribution >= 0.6 is 26.6 Å². The first-order chi connectivity index (χ1) is 9.97. The van der Waals surface area contributed by atoms with Crippen molar-refractivity contribution in [3.05, 3.63) is 22.7 Å². The van der Waals surface area contributed by atoms with E-state index >= 15 is 0 Å². The normalized spacial score (nSPS) is 19.6. The summed E-state index contributed by atoms with van der Waals surface area (Å²) in [6.45, 7) is -0.338. The Bertz CT molecular complexity index is 710. The van der Waals surface area contributed by atoms with E-state index in [2.05, 4.69) is 20.7 Å². The fraction of sp³-hybridized carbons (Fsp3) is 0.364. The zero-order valence-corrected chi connectivity index (χ0v) is 13.8. The SMILES string of the molecule is O=C1CC(S(=O)(=O)Cl)CN1c1cc(Br)ccc1OC(F)(F)F. The summed E-state index contributed by atoms with van der Waals surface area (Å²) < 4.78 is 64.1. The van der Waals surface area contributed by atoms with Crippen LogP contribution in [0, 0.1) is 0 Å². The zero-order chi connectivity index (χ0) is 16.7. The van der Waals surface area contributed by atoms with Crippen LogP contribution in [0.15, 0.2) is 22.7 Å². The summed E-state index contributed by atoms with van der Waals surface area (Å²) in [5.74, 6) is -1.25. The highest BCUT2D eigenvalue weighted by Gasteiger charge is 2.40. The van der Waals surface area contributed by atoms with Gasteiger partial charge in [0.2, 0.25) is 15.0 Å². The van der Waals surface area contributed by atoms with Crippen LogP contribution in [0.1, 0.15) is 6.42 Å². The van der Waals surface area contributed by atoms with Gasteiger partial charge in [0, 0.05) is 28.1 Å². The highest BCUT2D eigenvalue weighted by molar-refractivity contribution is 9.10. The van der Waals surface area contributed by atoms with Crippen LogP contribution in [0.4, 0.5) is 18.9 Å². The molecule has 2 rings (SSSR count). The van der Waals surface area contributed by atoms with Gasteiger partial charge in [0.05, 0.1) is 5.69 Å². The molecule has 0 N–H and O–H groups in total. The number of hydrogen-bond acceptors (Lipinski definition) is 4. The van der Waals surface area contributed by atoms with E-state index in [1.165, 1.54) is 12.1 Å². The van der Waals surface area contributed by atoms with Crippen LogP contribution in [0.3, 0.4) is 0 Å². The molecule has 0 bridgehead atoms. The van der Waals surface area contributed by atoms with E-state index < -0.39 is 38.7 Å². The first-order valence-corrected chi connectivity index (χ1v) is 8.93. The molecule has 0 spiro atoms. The van der Waals surface area contributed by atoms with Crippen molar-refractivity contribution in [2.24, 2.45) is 0 Å². The third kappa shape index (κ3) is 4.05. The van der Waals surface area contributed by atoms with Crippen molar-refractivity contribution >= 4 is 47.3 Å². The van der Waals surface area contributed by atoms with E-state index in [-0.39, 0.29) is 12.2 Å². The van der Waals surface area contributed by atoms with Gasteiger partial charge < -0.3 is 9.64 Å². The highest BCUT2D eigenvalue weighted by Crippen LogP contribution is 2.38. The van der Waals surface area contributed by atoms with Gasteiger partial charge in [-0.1, -0.05) is 15.9 Å². The standard InChI is InChI=1S/C11H8BrClF3NO4S/c12-6-1-2-9(21-11(14,15)16)8(3-6)17-5-7(4-10(17)18)22(13,19)20/h1-3,7H,4-5H2. The molecule has 1 saturated heterocycles. The summed E-state index contributed by atoms with van der Waals surface area (Å²) in [4.78, 5) is 12.8. The fourth-order valence-corrected chi connectivity index (χ4v) is 3.38. The number of hydrogen-bond donors (Lipinski definition) is 0. The van der Waals surface area contributed by atoms with Gasteiger partial charge in [-0.25, -0.2) is 8.42 Å². The third-order valence-electron chi connectivity index (χ3n) is 2.93. The fourth-order valence-electron chi connectivity index (χ4n) is 2.01. The Morgan fingerprint density at radius 2 is 2.00 bits per heavy atom. The third-order valence-corrected chi connectivity index (χ3v) is 5.29. The lowest BCUT2D eigenvalue weighted by Gasteiger charge is -2.21. The average molecular weight is 423 g/mol. The van der Waals surface area contributed by atoms with E-state index in [4.69, 9.17) is 10.7 Å². The predicted molar refractivity (Wildman–Crippen MR) is 76.4 cm³/mol. The van der Waals surface area contributed by atoms with Crippen molar-refractivity contribution in [3.8, 4) is 5.75 Å². The maximum atomic E-state index is 12.4. The molecule has 5 nitrogen and oxygen atoms in total. The molecule has 1 heterocycles. The summed E-state index contributed by atoms with van der Waals surface area (Å²) in [5.41, 5.74) is -0.181.